The Kier molecular flexibility index (Phi) is 3.95. The third kappa shape index (κ3) is 3.73. The largest absolute Gasteiger partial charge is 0.416 e. The summed E-state index contributed by atoms with van der Waals surface area (Å²) in [6, 6.07) is 4.72. The van der Waals surface area contributed by atoms with Crippen LogP contribution in [-0.2, 0) is 12.6 Å². The summed E-state index contributed by atoms with van der Waals surface area (Å²) in [5.74, 6) is 0. The molecule has 1 aliphatic rings. The number of nitrogens with one attached hydrogen (secondary N) is 1. The van der Waals surface area contributed by atoms with Crippen LogP contribution >= 0.6 is 0 Å². The molecule has 0 aromatic heterocycles. The minimum atomic E-state index is -4.24. The van der Waals surface area contributed by atoms with Crippen LogP contribution in [0.4, 0.5) is 13.2 Å². The molecule has 100 valence electrons. The standard InChI is InChI=1S/C14H18F3N/c1-10-9-12(14(15,16)17)5-4-11(10)3-2-8-18-13-6-7-13/h4-5,9,13,18H,2-3,6-8H2,1H3. The third-order valence-electron chi connectivity index (χ3n) is 3.30. The molecule has 0 unspecified atom stereocenters. The highest BCUT2D eigenvalue weighted by molar-refractivity contribution is 5.32. The maximum Gasteiger partial charge on any atom is 0.416 e. The number of aryl methyl sites for hydroxylation is 2. The Balaban J connectivity index is 1.88. The lowest BCUT2D eigenvalue weighted by Gasteiger charge is -2.11. The monoisotopic (exact) mass is 257 g/mol. The van der Waals surface area contributed by atoms with Gasteiger partial charge < -0.3 is 5.32 Å². The van der Waals surface area contributed by atoms with Crippen LogP contribution in [0.2, 0.25) is 0 Å². The van der Waals surface area contributed by atoms with Crippen molar-refractivity contribution in [1.29, 1.82) is 0 Å². The molecule has 1 aromatic rings. The first-order valence-electron chi connectivity index (χ1n) is 6.37. The van der Waals surface area contributed by atoms with Gasteiger partial charge in [0.2, 0.25) is 0 Å². The highest BCUT2D eigenvalue weighted by atomic mass is 19.4. The highest BCUT2D eigenvalue weighted by Gasteiger charge is 2.30. The van der Waals surface area contributed by atoms with Crippen LogP contribution in [0.1, 0.15) is 36.0 Å². The average Bonchev–Trinajstić information content (AvgIpc) is 3.08. The van der Waals surface area contributed by atoms with Gasteiger partial charge in [-0.1, -0.05) is 6.07 Å². The minimum Gasteiger partial charge on any atom is -0.314 e. The van der Waals surface area contributed by atoms with Crippen LogP contribution in [0.5, 0.6) is 0 Å². The molecule has 0 saturated heterocycles. The van der Waals surface area contributed by atoms with Crippen LogP contribution in [0.15, 0.2) is 18.2 Å². The first kappa shape index (κ1) is 13.4. The molecule has 0 atom stereocenters. The summed E-state index contributed by atoms with van der Waals surface area (Å²) in [6.07, 6.45) is 0.0990. The van der Waals surface area contributed by atoms with Crippen LogP contribution < -0.4 is 5.32 Å². The van der Waals surface area contributed by atoms with Gasteiger partial charge in [0.05, 0.1) is 5.56 Å². The van der Waals surface area contributed by atoms with Crippen molar-refractivity contribution in [3.05, 3.63) is 34.9 Å². The third-order valence-corrected chi connectivity index (χ3v) is 3.30. The molecule has 0 heterocycles. The first-order valence-corrected chi connectivity index (χ1v) is 6.37. The van der Waals surface area contributed by atoms with Gasteiger partial charge in [0.25, 0.3) is 0 Å². The number of hydrogen-bond donors (Lipinski definition) is 1. The second-order valence-electron chi connectivity index (χ2n) is 4.97. The molecule has 0 radical (unpaired) electrons. The summed E-state index contributed by atoms with van der Waals surface area (Å²) in [6.45, 7) is 2.70. The second kappa shape index (κ2) is 5.31. The Morgan fingerprint density at radius 1 is 1.28 bits per heavy atom. The van der Waals surface area contributed by atoms with Crippen molar-refractivity contribution in [1.82, 2.24) is 5.32 Å². The zero-order valence-corrected chi connectivity index (χ0v) is 10.5. The Hall–Kier alpha value is -1.03. The van der Waals surface area contributed by atoms with Crippen molar-refractivity contribution >= 4 is 0 Å². The van der Waals surface area contributed by atoms with E-state index in [1.54, 1.807) is 13.0 Å². The Bertz CT molecular complexity index is 408. The van der Waals surface area contributed by atoms with Gasteiger partial charge in [-0.3, -0.25) is 0 Å². The second-order valence-corrected chi connectivity index (χ2v) is 4.97. The van der Waals surface area contributed by atoms with Gasteiger partial charge in [0, 0.05) is 6.04 Å². The fourth-order valence-corrected chi connectivity index (χ4v) is 2.03. The molecule has 0 spiro atoms. The van der Waals surface area contributed by atoms with Crippen molar-refractivity contribution in [3.63, 3.8) is 0 Å². The maximum atomic E-state index is 12.5. The Morgan fingerprint density at radius 3 is 2.56 bits per heavy atom. The van der Waals surface area contributed by atoms with Gasteiger partial charge in [-0.15, -0.1) is 0 Å². The molecule has 0 amide bonds. The van der Waals surface area contributed by atoms with Crippen molar-refractivity contribution in [2.45, 2.75) is 44.8 Å². The van der Waals surface area contributed by atoms with Gasteiger partial charge in [0.1, 0.15) is 0 Å². The average molecular weight is 257 g/mol. The van der Waals surface area contributed by atoms with Crippen LogP contribution in [0.3, 0.4) is 0 Å². The topological polar surface area (TPSA) is 12.0 Å². The van der Waals surface area contributed by atoms with Gasteiger partial charge in [0.15, 0.2) is 0 Å². The molecule has 4 heteroatoms. The van der Waals surface area contributed by atoms with E-state index in [4.69, 9.17) is 0 Å². The molecule has 1 saturated carbocycles. The van der Waals surface area contributed by atoms with E-state index in [1.807, 2.05) is 0 Å². The molecule has 18 heavy (non-hydrogen) atoms. The fourth-order valence-electron chi connectivity index (χ4n) is 2.03. The SMILES string of the molecule is Cc1cc(C(F)(F)F)ccc1CCCNC1CC1. The zero-order valence-electron chi connectivity index (χ0n) is 10.5. The van der Waals surface area contributed by atoms with Crippen molar-refractivity contribution in [2.24, 2.45) is 0 Å². The minimum absolute atomic E-state index is 0.556. The van der Waals surface area contributed by atoms with E-state index in [1.165, 1.54) is 25.0 Å². The summed E-state index contributed by atoms with van der Waals surface area (Å²) in [7, 11) is 0. The quantitative estimate of drug-likeness (QED) is 0.793. The van der Waals surface area contributed by atoms with Crippen LogP contribution in [0.25, 0.3) is 0 Å². The molecule has 1 fully saturated rings. The van der Waals surface area contributed by atoms with E-state index in [2.05, 4.69) is 5.32 Å². The van der Waals surface area contributed by atoms with Crippen molar-refractivity contribution in [3.8, 4) is 0 Å². The molecule has 1 aliphatic carbocycles. The molecule has 0 bridgehead atoms. The van der Waals surface area contributed by atoms with E-state index >= 15 is 0 Å². The smallest absolute Gasteiger partial charge is 0.314 e. The Labute approximate surface area is 105 Å². The van der Waals surface area contributed by atoms with Crippen LogP contribution in [-0.4, -0.2) is 12.6 Å². The summed E-state index contributed by atoms with van der Waals surface area (Å²) >= 11 is 0. The molecule has 1 aromatic carbocycles. The lowest BCUT2D eigenvalue weighted by molar-refractivity contribution is -0.137. The van der Waals surface area contributed by atoms with Crippen molar-refractivity contribution in [2.75, 3.05) is 6.54 Å². The number of halogens is 3. The summed E-state index contributed by atoms with van der Waals surface area (Å²) in [5.41, 5.74) is 1.19. The molecular formula is C14H18F3N. The van der Waals surface area contributed by atoms with Gasteiger partial charge >= 0.3 is 6.18 Å². The van der Waals surface area contributed by atoms with Crippen LogP contribution in [0, 0.1) is 6.92 Å². The lowest BCUT2D eigenvalue weighted by atomic mass is 10.0. The highest BCUT2D eigenvalue weighted by Crippen LogP contribution is 2.30. The lowest BCUT2D eigenvalue weighted by Crippen LogP contribution is -2.18. The predicted octanol–water partition coefficient (Wildman–Crippen LogP) is 3.70. The van der Waals surface area contributed by atoms with E-state index < -0.39 is 11.7 Å². The van der Waals surface area contributed by atoms with Gasteiger partial charge in [-0.25, -0.2) is 0 Å². The summed E-state index contributed by atoms with van der Waals surface area (Å²) in [4.78, 5) is 0. The fraction of sp³-hybridized carbons (Fsp3) is 0.571. The van der Waals surface area contributed by atoms with Crippen molar-refractivity contribution < 1.29 is 13.2 Å². The first-order chi connectivity index (χ1) is 8.47. The van der Waals surface area contributed by atoms with E-state index in [0.717, 1.165) is 30.5 Å². The molecule has 2 rings (SSSR count). The molecule has 0 aliphatic heterocycles. The van der Waals surface area contributed by atoms with E-state index in [-0.39, 0.29) is 0 Å². The normalized spacial score (nSPS) is 16.0. The number of hydrogen-bond acceptors (Lipinski definition) is 1. The number of benzene rings is 1. The molecule has 1 nitrogen and oxygen atoms in total. The molecule has 1 N–H and O–H groups in total. The predicted molar refractivity (Wildman–Crippen MR) is 65.5 cm³/mol. The van der Waals surface area contributed by atoms with Gasteiger partial charge in [-0.05, 0) is 62.4 Å². The summed E-state index contributed by atoms with van der Waals surface area (Å²) in [5, 5.41) is 3.40. The number of rotatable bonds is 5. The Morgan fingerprint density at radius 2 is 2.00 bits per heavy atom. The van der Waals surface area contributed by atoms with E-state index in [0.29, 0.717) is 6.04 Å². The number of alkyl halides is 3. The summed E-state index contributed by atoms with van der Waals surface area (Å²) < 4.78 is 37.5. The zero-order chi connectivity index (χ0) is 13.2. The molecular weight excluding hydrogens is 239 g/mol. The van der Waals surface area contributed by atoms with Gasteiger partial charge in [-0.2, -0.15) is 13.2 Å². The maximum absolute atomic E-state index is 12.5. The van der Waals surface area contributed by atoms with E-state index in [9.17, 15) is 13.2 Å².